The topological polar surface area (TPSA) is 380 Å². The Kier molecular flexibility index (Phi) is 31.3. The molecule has 0 aliphatic heterocycles. The van der Waals surface area contributed by atoms with E-state index in [4.69, 9.17) is 47.8 Å². The second kappa shape index (κ2) is 25.6. The lowest BCUT2D eigenvalue weighted by molar-refractivity contribution is -0.140. The number of hydrogen-bond acceptors (Lipinski definition) is 12. The Bertz CT molecular complexity index is 558. The summed E-state index contributed by atoms with van der Waals surface area (Å²) >= 11 is 0. The molecule has 18 N–H and O–H groups in total. The van der Waals surface area contributed by atoms with Gasteiger partial charge in [-0.1, -0.05) is 0 Å². The highest BCUT2D eigenvalue weighted by atomic mass is 16.4. The average Bonchev–Trinajstić information content (AvgIpc) is 2.68. The van der Waals surface area contributed by atoms with Crippen LogP contribution in [-0.2, 0) is 28.8 Å². The number of hydrogen-bond donors (Lipinski definition) is 12. The first-order valence-corrected chi connectivity index (χ1v) is 8.08. The first-order valence-electron chi connectivity index (χ1n) is 8.08. The molecule has 0 saturated carbocycles. The molecule has 0 aromatic carbocycles. The maximum Gasteiger partial charge on any atom is 0.322 e. The van der Waals surface area contributed by atoms with Crippen molar-refractivity contribution in [2.75, 3.05) is 19.7 Å². The molecule has 0 aliphatic rings. The zero-order valence-electron chi connectivity index (χ0n) is 17.2. The summed E-state index contributed by atoms with van der Waals surface area (Å²) in [4.78, 5) is 57.6. The maximum atomic E-state index is 9.99. The lowest BCUT2D eigenvalue weighted by atomic mass is 10.2. The number of amides is 1. The van der Waals surface area contributed by atoms with Gasteiger partial charge in [0.25, 0.3) is 0 Å². The molecule has 0 saturated heterocycles. The highest BCUT2D eigenvalue weighted by molar-refractivity contribution is 5.83. The third-order valence-electron chi connectivity index (χ3n) is 1.99. The molecule has 0 aromatic rings. The van der Waals surface area contributed by atoms with Gasteiger partial charge in [0.1, 0.15) is 18.1 Å². The number of aliphatic hydroxyl groups excluding tert-OH is 1. The molecule has 0 fully saturated rings. The van der Waals surface area contributed by atoms with Gasteiger partial charge in [-0.3, -0.25) is 28.8 Å². The Balaban J connectivity index is -0.0000000969. The van der Waals surface area contributed by atoms with Gasteiger partial charge in [-0.2, -0.15) is 0 Å². The van der Waals surface area contributed by atoms with Crippen molar-refractivity contribution in [3.63, 3.8) is 0 Å². The summed E-state index contributed by atoms with van der Waals surface area (Å²) < 4.78 is 0. The Hall–Kier alpha value is -3.42. The first kappa shape index (κ1) is 39.1. The molecule has 3 atom stereocenters. The second-order valence-corrected chi connectivity index (χ2v) is 5.07. The van der Waals surface area contributed by atoms with Gasteiger partial charge in [-0.05, 0) is 6.92 Å². The lowest BCUT2D eigenvalue weighted by Crippen LogP contribution is -2.34. The fraction of sp³-hybridized carbons (Fsp3) is 0.571. The predicted molar refractivity (Wildman–Crippen MR) is 107 cm³/mol. The van der Waals surface area contributed by atoms with E-state index in [1.807, 2.05) is 0 Å². The Morgan fingerprint density at radius 3 is 0.969 bits per heavy atom. The molecule has 1 amide bonds. The number of aliphatic carboxylic acids is 5. The summed E-state index contributed by atoms with van der Waals surface area (Å²) in [6.45, 7) is 0.359. The highest BCUT2D eigenvalue weighted by Crippen LogP contribution is 1.84. The molecule has 18 nitrogen and oxygen atoms in total. The number of primary amides is 1. The quantitative estimate of drug-likeness (QED) is 0.155. The zero-order valence-corrected chi connectivity index (χ0v) is 17.2. The number of carboxylic acids is 5. The van der Waals surface area contributed by atoms with Crippen molar-refractivity contribution in [1.82, 2.24) is 0 Å². The van der Waals surface area contributed by atoms with Crippen LogP contribution in [0.1, 0.15) is 13.3 Å². The zero-order chi connectivity index (χ0) is 27.0. The Morgan fingerprint density at radius 2 is 0.938 bits per heavy atom. The van der Waals surface area contributed by atoms with E-state index in [-0.39, 0.29) is 19.5 Å². The summed E-state index contributed by atoms with van der Waals surface area (Å²) in [6, 6.07) is -3.02. The molecule has 0 unspecified atom stereocenters. The van der Waals surface area contributed by atoms with Crippen molar-refractivity contribution >= 4 is 35.8 Å². The molecule has 0 aromatic heterocycles. The van der Waals surface area contributed by atoms with E-state index in [2.05, 4.69) is 17.2 Å². The van der Waals surface area contributed by atoms with Crippen LogP contribution in [0.5, 0.6) is 0 Å². The number of aliphatic hydroxyl groups is 1. The van der Waals surface area contributed by atoms with Gasteiger partial charge in [0.15, 0.2) is 0 Å². The first-order chi connectivity index (χ1) is 14.4. The van der Waals surface area contributed by atoms with Crippen LogP contribution in [0.3, 0.4) is 0 Å². The van der Waals surface area contributed by atoms with E-state index >= 15 is 0 Å². The minimum absolute atomic E-state index is 0.278. The fourth-order valence-corrected chi connectivity index (χ4v) is 0.382. The van der Waals surface area contributed by atoms with Gasteiger partial charge in [0, 0.05) is 0 Å². The average molecular weight is 476 g/mol. The van der Waals surface area contributed by atoms with Crippen LogP contribution in [0.25, 0.3) is 0 Å². The van der Waals surface area contributed by atoms with Gasteiger partial charge in [-0.15, -0.1) is 0 Å². The van der Waals surface area contributed by atoms with Crippen molar-refractivity contribution < 1.29 is 59.4 Å². The predicted octanol–water partition coefficient (Wildman–Crippen LogP) is -5.86. The smallest absolute Gasteiger partial charge is 0.322 e. The molecule has 0 rings (SSSR count). The van der Waals surface area contributed by atoms with Crippen LogP contribution >= 0.6 is 0 Å². The number of carboxylic acid groups (broad SMARTS) is 5. The number of carbonyl (C=O) groups is 6. The van der Waals surface area contributed by atoms with E-state index in [0.29, 0.717) is 0 Å². The van der Waals surface area contributed by atoms with Crippen LogP contribution in [0, 0.1) is 0 Å². The second-order valence-electron chi connectivity index (χ2n) is 5.07. The molecule has 18 heteroatoms. The molecule has 0 heterocycles. The minimum Gasteiger partial charge on any atom is -0.480 e. The van der Waals surface area contributed by atoms with Crippen molar-refractivity contribution in [2.45, 2.75) is 31.5 Å². The largest absolute Gasteiger partial charge is 0.480 e. The van der Waals surface area contributed by atoms with Crippen molar-refractivity contribution in [3.8, 4) is 0 Å². The van der Waals surface area contributed by atoms with E-state index in [0.717, 1.165) is 0 Å². The molecule has 0 spiro atoms. The molecule has 0 bridgehead atoms. The SMILES string of the molecule is C[C@H](N)C(=O)O.NC(=O)C[C@H](N)C(=O)O.NCC(=O)O.NCC(=O)O.N[C@@H](CO)C(=O)O. The normalized spacial score (nSPS) is 11.3. The molecular formula is C14H32N6O12. The van der Waals surface area contributed by atoms with E-state index < -0.39 is 60.5 Å². The van der Waals surface area contributed by atoms with Gasteiger partial charge < -0.3 is 65.0 Å². The van der Waals surface area contributed by atoms with E-state index in [1.165, 1.54) is 6.92 Å². The molecule has 0 radical (unpaired) electrons. The van der Waals surface area contributed by atoms with E-state index in [9.17, 15) is 28.8 Å². The lowest BCUT2D eigenvalue weighted by Gasteiger charge is -1.99. The number of rotatable bonds is 8. The summed E-state index contributed by atoms with van der Waals surface area (Å²) in [7, 11) is 0. The summed E-state index contributed by atoms with van der Waals surface area (Å²) in [5, 5.41) is 47.1. The van der Waals surface area contributed by atoms with Crippen LogP contribution in [0.2, 0.25) is 0 Å². The standard InChI is InChI=1S/C4H8N2O3.C3H7NO3.C3H7NO2.2C2H5NO2/c5-2(4(8)9)1-3(6)7;4-2(1-5)3(6)7;1-2(4)3(5)6;2*3-1-2(4)5/h2H,1,5H2,(H2,6,7)(H,8,9);2,5H,1,4H2,(H,6,7);2H,4H2,1H3,(H,5,6);2*1,3H2,(H,4,5)/t3*2-;;/m000../s1. The monoisotopic (exact) mass is 476 g/mol. The number of carbonyl (C=O) groups excluding carboxylic acids is 1. The van der Waals surface area contributed by atoms with Gasteiger partial charge in [0.2, 0.25) is 5.91 Å². The summed E-state index contributed by atoms with van der Waals surface area (Å²) in [5.74, 6) is -5.99. The highest BCUT2D eigenvalue weighted by Gasteiger charge is 2.13. The maximum absolute atomic E-state index is 9.99. The summed E-state index contributed by atoms with van der Waals surface area (Å²) in [5.41, 5.74) is 28.3. The van der Waals surface area contributed by atoms with Crippen LogP contribution in [0.4, 0.5) is 0 Å². The Morgan fingerprint density at radius 1 is 0.688 bits per heavy atom. The third-order valence-corrected chi connectivity index (χ3v) is 1.99. The van der Waals surface area contributed by atoms with Gasteiger partial charge >= 0.3 is 29.8 Å². The molecule has 32 heavy (non-hydrogen) atoms. The summed E-state index contributed by atoms with van der Waals surface area (Å²) in [6.07, 6.45) is -0.310. The minimum atomic E-state index is -1.21. The third kappa shape index (κ3) is 50.4. The van der Waals surface area contributed by atoms with Crippen LogP contribution < -0.4 is 34.4 Å². The molecule has 190 valence electrons. The van der Waals surface area contributed by atoms with Gasteiger partial charge in [0.05, 0.1) is 26.1 Å². The number of nitrogens with two attached hydrogens (primary N) is 6. The van der Waals surface area contributed by atoms with Crippen LogP contribution in [0.15, 0.2) is 0 Å². The molecular weight excluding hydrogens is 444 g/mol. The Labute approximate surface area is 181 Å². The van der Waals surface area contributed by atoms with Crippen molar-refractivity contribution in [3.05, 3.63) is 0 Å². The fourth-order valence-electron chi connectivity index (χ4n) is 0.382. The van der Waals surface area contributed by atoms with Crippen molar-refractivity contribution in [1.29, 1.82) is 0 Å². The van der Waals surface area contributed by atoms with Crippen molar-refractivity contribution in [2.24, 2.45) is 34.4 Å². The van der Waals surface area contributed by atoms with E-state index in [1.54, 1.807) is 0 Å². The molecule has 0 aliphatic carbocycles. The van der Waals surface area contributed by atoms with Crippen LogP contribution in [-0.4, -0.2) is 104 Å². The van der Waals surface area contributed by atoms with Gasteiger partial charge in [-0.25, -0.2) is 0 Å².